The van der Waals surface area contributed by atoms with Gasteiger partial charge in [-0.1, -0.05) is 43.6 Å². The maximum absolute atomic E-state index is 10.2. The Kier molecular flexibility index (Phi) is 4.85. The summed E-state index contributed by atoms with van der Waals surface area (Å²) >= 11 is 0. The predicted molar refractivity (Wildman–Crippen MR) is 125 cm³/mol. The molecule has 3 heteroatoms. The van der Waals surface area contributed by atoms with E-state index in [9.17, 15) is 5.11 Å². The molecular formula is C28H43NO2. The van der Waals surface area contributed by atoms with Gasteiger partial charge in [-0.2, -0.15) is 0 Å². The molecule has 2 N–H and O–H groups in total. The zero-order chi connectivity index (χ0) is 21.5. The van der Waals surface area contributed by atoms with Crippen molar-refractivity contribution in [3.8, 4) is 0 Å². The third kappa shape index (κ3) is 3.02. The van der Waals surface area contributed by atoms with E-state index in [1.54, 1.807) is 11.1 Å². The first-order valence-corrected chi connectivity index (χ1v) is 13.3. The Bertz CT molecular complexity index is 816. The van der Waals surface area contributed by atoms with Crippen molar-refractivity contribution in [2.45, 2.75) is 109 Å². The Morgan fingerprint density at radius 1 is 1.16 bits per heavy atom. The second-order valence-corrected chi connectivity index (χ2v) is 12.6. The van der Waals surface area contributed by atoms with Crippen LogP contribution in [0.2, 0.25) is 0 Å². The topological polar surface area (TPSA) is 41.5 Å². The molecule has 2 heterocycles. The molecule has 0 aromatic carbocycles. The van der Waals surface area contributed by atoms with Crippen LogP contribution in [0.4, 0.5) is 0 Å². The molecule has 2 saturated carbocycles. The number of piperidine rings is 1. The SMILES string of the molecule is CC1=C2C[C@H]3[C@@H](CCC4=C[C@@H](O)CC[C@@]43C)[C@@H]2CC[C@@]2(C1)O[C@@H]1C[C@H](C)CNC1[C@H]2C. The van der Waals surface area contributed by atoms with Crippen LogP contribution < -0.4 is 5.32 Å². The van der Waals surface area contributed by atoms with Crippen molar-refractivity contribution < 1.29 is 9.84 Å². The number of allylic oxidation sites excluding steroid dienone is 2. The molecule has 2 aliphatic heterocycles. The van der Waals surface area contributed by atoms with Gasteiger partial charge in [0.25, 0.3) is 0 Å². The number of nitrogens with one attached hydrogen (secondary N) is 1. The first-order valence-electron chi connectivity index (χ1n) is 13.3. The normalized spacial score (nSPS) is 54.0. The van der Waals surface area contributed by atoms with Crippen molar-refractivity contribution in [3.63, 3.8) is 0 Å². The van der Waals surface area contributed by atoms with Crippen LogP contribution >= 0.6 is 0 Å². The van der Waals surface area contributed by atoms with Crippen LogP contribution in [0.3, 0.4) is 0 Å². The van der Waals surface area contributed by atoms with Gasteiger partial charge in [-0.3, -0.25) is 0 Å². The van der Waals surface area contributed by atoms with Crippen molar-refractivity contribution in [2.24, 2.45) is 35.0 Å². The number of ether oxygens (including phenoxy) is 1. The van der Waals surface area contributed by atoms with E-state index in [-0.39, 0.29) is 11.7 Å². The van der Waals surface area contributed by atoms with Gasteiger partial charge in [0, 0.05) is 12.0 Å². The molecule has 0 amide bonds. The minimum absolute atomic E-state index is 0.0574. The summed E-state index contributed by atoms with van der Waals surface area (Å²) in [6.07, 6.45) is 13.4. The molecule has 4 aliphatic carbocycles. The maximum Gasteiger partial charge on any atom is 0.0765 e. The summed E-state index contributed by atoms with van der Waals surface area (Å²) in [7, 11) is 0. The fraction of sp³-hybridized carbons (Fsp3) is 0.857. The Hall–Kier alpha value is -0.640. The Labute approximate surface area is 189 Å². The summed E-state index contributed by atoms with van der Waals surface area (Å²) < 4.78 is 7.01. The highest BCUT2D eigenvalue weighted by molar-refractivity contribution is 5.33. The van der Waals surface area contributed by atoms with Gasteiger partial charge in [0.1, 0.15) is 0 Å². The number of aliphatic hydroxyl groups excluding tert-OH is 1. The lowest BCUT2D eigenvalue weighted by Gasteiger charge is -2.49. The number of rotatable bonds is 0. The number of hydrogen-bond donors (Lipinski definition) is 2. The molecule has 0 radical (unpaired) electrons. The average Bonchev–Trinajstić information content (AvgIpc) is 3.19. The van der Waals surface area contributed by atoms with Gasteiger partial charge < -0.3 is 15.2 Å². The summed E-state index contributed by atoms with van der Waals surface area (Å²) in [4.78, 5) is 0. The smallest absolute Gasteiger partial charge is 0.0765 e. The molecular weight excluding hydrogens is 382 g/mol. The molecule has 0 aromatic heterocycles. The second-order valence-electron chi connectivity index (χ2n) is 12.6. The quantitative estimate of drug-likeness (QED) is 0.511. The van der Waals surface area contributed by atoms with Crippen molar-refractivity contribution in [3.05, 3.63) is 22.8 Å². The highest BCUT2D eigenvalue weighted by atomic mass is 16.5. The number of aliphatic hydroxyl groups is 1. The summed E-state index contributed by atoms with van der Waals surface area (Å²) in [5, 5.41) is 14.1. The molecule has 2 saturated heterocycles. The molecule has 3 nitrogen and oxygen atoms in total. The third-order valence-corrected chi connectivity index (χ3v) is 11.1. The summed E-state index contributed by atoms with van der Waals surface area (Å²) in [5.41, 5.74) is 5.44. The average molecular weight is 426 g/mol. The molecule has 10 atom stereocenters. The summed E-state index contributed by atoms with van der Waals surface area (Å²) in [6, 6.07) is 0.551. The monoisotopic (exact) mass is 425 g/mol. The van der Waals surface area contributed by atoms with E-state index >= 15 is 0 Å². The molecule has 31 heavy (non-hydrogen) atoms. The highest BCUT2D eigenvalue weighted by Crippen LogP contribution is 2.64. The van der Waals surface area contributed by atoms with E-state index in [2.05, 4.69) is 39.1 Å². The molecule has 172 valence electrons. The van der Waals surface area contributed by atoms with Crippen LogP contribution in [0, 0.1) is 35.0 Å². The highest BCUT2D eigenvalue weighted by Gasteiger charge is 2.58. The molecule has 6 rings (SSSR count). The van der Waals surface area contributed by atoms with Crippen LogP contribution in [0.1, 0.15) is 85.5 Å². The lowest BCUT2D eigenvalue weighted by molar-refractivity contribution is -0.0721. The third-order valence-electron chi connectivity index (χ3n) is 11.1. The minimum Gasteiger partial charge on any atom is -0.389 e. The lowest BCUT2D eigenvalue weighted by Crippen LogP contribution is -2.48. The van der Waals surface area contributed by atoms with E-state index in [1.807, 2.05) is 5.57 Å². The fourth-order valence-corrected chi connectivity index (χ4v) is 9.28. The second kappa shape index (κ2) is 7.18. The first kappa shape index (κ1) is 20.9. The van der Waals surface area contributed by atoms with Crippen molar-refractivity contribution in [1.29, 1.82) is 0 Å². The minimum atomic E-state index is -0.201. The number of fused-ring (bicyclic) bond motifs is 6. The van der Waals surface area contributed by atoms with Gasteiger partial charge >= 0.3 is 0 Å². The fourth-order valence-electron chi connectivity index (χ4n) is 9.28. The van der Waals surface area contributed by atoms with Crippen molar-refractivity contribution in [2.75, 3.05) is 6.54 Å². The zero-order valence-electron chi connectivity index (χ0n) is 20.1. The van der Waals surface area contributed by atoms with Crippen LogP contribution in [0.5, 0.6) is 0 Å². The maximum atomic E-state index is 10.2. The summed E-state index contributed by atoms with van der Waals surface area (Å²) in [6.45, 7) is 11.0. The van der Waals surface area contributed by atoms with Crippen molar-refractivity contribution >= 4 is 0 Å². The van der Waals surface area contributed by atoms with E-state index in [4.69, 9.17) is 4.74 Å². The molecule has 1 spiro atoms. The van der Waals surface area contributed by atoms with Gasteiger partial charge in [-0.05, 0) is 100 Å². The van der Waals surface area contributed by atoms with E-state index in [1.165, 1.54) is 44.9 Å². The summed E-state index contributed by atoms with van der Waals surface area (Å²) in [5.74, 6) is 3.74. The Morgan fingerprint density at radius 3 is 2.84 bits per heavy atom. The Balaban J connectivity index is 1.29. The lowest BCUT2D eigenvalue weighted by atomic mass is 9.56. The standard InChI is InChI=1S/C28H43NO2/c1-16-11-25-26(29-15-16)18(3)28(31-25)10-8-21-22-6-5-19-12-20(30)7-9-27(19,4)24(22)13-23(21)17(2)14-28/h12,16,18,20-22,24-26,29-30H,5-11,13-15H2,1-4H3/t16-,18+,20-,21-,22-,24-,25+,26?,27-,28-/m0/s1. The van der Waals surface area contributed by atoms with Gasteiger partial charge in [-0.15, -0.1) is 0 Å². The first-order chi connectivity index (χ1) is 14.8. The van der Waals surface area contributed by atoms with Crippen molar-refractivity contribution in [1.82, 2.24) is 5.32 Å². The molecule has 1 unspecified atom stereocenters. The van der Waals surface area contributed by atoms with E-state index in [0.717, 1.165) is 43.1 Å². The molecule has 4 fully saturated rings. The Morgan fingerprint density at radius 2 is 2.00 bits per heavy atom. The van der Waals surface area contributed by atoms with Gasteiger partial charge in [0.2, 0.25) is 0 Å². The van der Waals surface area contributed by atoms with Gasteiger partial charge in [-0.25, -0.2) is 0 Å². The van der Waals surface area contributed by atoms with Crippen LogP contribution in [-0.2, 0) is 4.74 Å². The largest absolute Gasteiger partial charge is 0.389 e. The molecule has 6 aliphatic rings. The zero-order valence-corrected chi connectivity index (χ0v) is 20.1. The predicted octanol–water partition coefficient (Wildman–Crippen LogP) is 5.39. The molecule has 0 bridgehead atoms. The van der Waals surface area contributed by atoms with Crippen LogP contribution in [0.15, 0.2) is 22.8 Å². The van der Waals surface area contributed by atoms with E-state index < -0.39 is 0 Å². The van der Waals surface area contributed by atoms with Gasteiger partial charge in [0.05, 0.1) is 17.8 Å². The van der Waals surface area contributed by atoms with E-state index in [0.29, 0.717) is 23.5 Å². The van der Waals surface area contributed by atoms with Crippen LogP contribution in [-0.4, -0.2) is 35.5 Å². The van der Waals surface area contributed by atoms with Crippen LogP contribution in [0.25, 0.3) is 0 Å². The molecule has 0 aromatic rings. The van der Waals surface area contributed by atoms with Gasteiger partial charge in [0.15, 0.2) is 0 Å². The number of hydrogen-bond acceptors (Lipinski definition) is 3.